The van der Waals surface area contributed by atoms with Crippen molar-refractivity contribution in [3.8, 4) is 12.3 Å². The van der Waals surface area contributed by atoms with E-state index in [1.807, 2.05) is 7.05 Å². The fraction of sp³-hybridized carbons (Fsp3) is 0.500. The Labute approximate surface area is 142 Å². The zero-order valence-electron chi connectivity index (χ0n) is 11.7. The average molecular weight is 404 g/mol. The van der Waals surface area contributed by atoms with Crippen molar-refractivity contribution in [3.05, 3.63) is 17.5 Å². The molecule has 0 bridgehead atoms. The Morgan fingerprint density at radius 2 is 2.20 bits per heavy atom. The normalized spacial score (nSPS) is 15.5. The number of nitrogens with zero attached hydrogens (tertiary/aromatic N) is 3. The third-order valence-corrected chi connectivity index (χ3v) is 4.09. The van der Waals surface area contributed by atoms with Crippen LogP contribution in [0.25, 0.3) is 0 Å². The van der Waals surface area contributed by atoms with Gasteiger partial charge in [0.25, 0.3) is 0 Å². The number of rotatable bonds is 3. The van der Waals surface area contributed by atoms with E-state index in [2.05, 4.69) is 43.5 Å². The monoisotopic (exact) mass is 404 g/mol. The zero-order valence-corrected chi connectivity index (χ0v) is 14.9. The lowest BCUT2D eigenvalue weighted by Gasteiger charge is -2.36. The minimum atomic E-state index is 0. The number of thiophene rings is 1. The predicted molar refractivity (Wildman–Crippen MR) is 98.3 cm³/mol. The van der Waals surface area contributed by atoms with Crippen molar-refractivity contribution < 1.29 is 0 Å². The van der Waals surface area contributed by atoms with Crippen molar-refractivity contribution >= 4 is 46.3 Å². The van der Waals surface area contributed by atoms with Crippen LogP contribution in [-0.4, -0.2) is 50.6 Å². The summed E-state index contributed by atoms with van der Waals surface area (Å²) in [7, 11) is 1.82. The topological polar surface area (TPSA) is 30.9 Å². The SMILES string of the molecule is C#CCCNC(=NC)N1CCN(c2cccs2)CC1.I. The molecule has 0 amide bonds. The quantitative estimate of drug-likeness (QED) is 0.275. The molecule has 1 N–H and O–H groups in total. The maximum absolute atomic E-state index is 5.26. The van der Waals surface area contributed by atoms with Crippen LogP contribution in [0.2, 0.25) is 0 Å². The van der Waals surface area contributed by atoms with Crippen LogP contribution in [0, 0.1) is 12.3 Å². The summed E-state index contributed by atoms with van der Waals surface area (Å²) in [5.74, 6) is 3.59. The number of halogens is 1. The summed E-state index contributed by atoms with van der Waals surface area (Å²) in [6.07, 6.45) is 5.99. The Morgan fingerprint density at radius 1 is 1.45 bits per heavy atom. The summed E-state index contributed by atoms with van der Waals surface area (Å²) >= 11 is 1.80. The van der Waals surface area contributed by atoms with Crippen LogP contribution in [0.4, 0.5) is 5.00 Å². The number of hydrogen-bond acceptors (Lipinski definition) is 3. The highest BCUT2D eigenvalue weighted by molar-refractivity contribution is 14.0. The summed E-state index contributed by atoms with van der Waals surface area (Å²) in [6.45, 7) is 4.85. The lowest BCUT2D eigenvalue weighted by molar-refractivity contribution is 0.374. The zero-order chi connectivity index (χ0) is 13.5. The maximum atomic E-state index is 5.26. The maximum Gasteiger partial charge on any atom is 0.193 e. The molecule has 1 aromatic heterocycles. The van der Waals surface area contributed by atoms with Gasteiger partial charge in [-0.1, -0.05) is 0 Å². The number of aliphatic imine (C=N–C) groups is 1. The highest BCUT2D eigenvalue weighted by Crippen LogP contribution is 2.22. The Balaban J connectivity index is 0.00000200. The summed E-state index contributed by atoms with van der Waals surface area (Å²) < 4.78 is 0. The first-order chi connectivity index (χ1) is 9.35. The fourth-order valence-corrected chi connectivity index (χ4v) is 2.95. The van der Waals surface area contributed by atoms with Gasteiger partial charge in [0.15, 0.2) is 5.96 Å². The van der Waals surface area contributed by atoms with Crippen LogP contribution in [0.3, 0.4) is 0 Å². The molecule has 0 radical (unpaired) electrons. The molecule has 0 saturated carbocycles. The molecule has 0 aromatic carbocycles. The molecular weight excluding hydrogens is 383 g/mol. The third kappa shape index (κ3) is 4.56. The van der Waals surface area contributed by atoms with Gasteiger partial charge < -0.3 is 15.1 Å². The molecule has 0 spiro atoms. The number of piperazine rings is 1. The van der Waals surface area contributed by atoms with Crippen molar-refractivity contribution in [3.63, 3.8) is 0 Å². The van der Waals surface area contributed by atoms with Gasteiger partial charge in [0, 0.05) is 46.2 Å². The second-order valence-corrected chi connectivity index (χ2v) is 5.28. The predicted octanol–water partition coefficient (Wildman–Crippen LogP) is 2.09. The number of guanidine groups is 1. The van der Waals surface area contributed by atoms with E-state index >= 15 is 0 Å². The molecule has 0 aliphatic carbocycles. The molecule has 1 fully saturated rings. The van der Waals surface area contributed by atoms with Crippen molar-refractivity contribution in [2.24, 2.45) is 4.99 Å². The first-order valence-electron chi connectivity index (χ1n) is 6.52. The molecule has 6 heteroatoms. The summed E-state index contributed by atoms with van der Waals surface area (Å²) in [6, 6.07) is 4.28. The van der Waals surface area contributed by atoms with E-state index in [1.165, 1.54) is 5.00 Å². The second-order valence-electron chi connectivity index (χ2n) is 4.35. The van der Waals surface area contributed by atoms with Crippen LogP contribution in [0.1, 0.15) is 6.42 Å². The number of anilines is 1. The lowest BCUT2D eigenvalue weighted by atomic mass is 10.3. The van der Waals surface area contributed by atoms with Gasteiger partial charge in [-0.2, -0.15) is 0 Å². The number of nitrogens with one attached hydrogen (secondary N) is 1. The van der Waals surface area contributed by atoms with Gasteiger partial charge in [-0.3, -0.25) is 4.99 Å². The molecule has 1 aliphatic rings. The van der Waals surface area contributed by atoms with Crippen molar-refractivity contribution in [1.82, 2.24) is 10.2 Å². The molecule has 4 nitrogen and oxygen atoms in total. The summed E-state index contributed by atoms with van der Waals surface area (Å²) in [4.78, 5) is 9.04. The highest BCUT2D eigenvalue weighted by atomic mass is 127. The van der Waals surface area contributed by atoms with Gasteiger partial charge in [-0.05, 0) is 17.5 Å². The molecule has 1 aliphatic heterocycles. The Hall–Kier alpha value is -0.940. The Morgan fingerprint density at radius 3 is 2.75 bits per heavy atom. The van der Waals surface area contributed by atoms with Crippen LogP contribution >= 0.6 is 35.3 Å². The first kappa shape index (κ1) is 17.1. The van der Waals surface area contributed by atoms with E-state index in [1.54, 1.807) is 11.3 Å². The van der Waals surface area contributed by atoms with Gasteiger partial charge in [-0.25, -0.2) is 0 Å². The smallest absolute Gasteiger partial charge is 0.193 e. The summed E-state index contributed by atoms with van der Waals surface area (Å²) in [5.41, 5.74) is 0. The third-order valence-electron chi connectivity index (χ3n) is 3.16. The first-order valence-corrected chi connectivity index (χ1v) is 7.40. The van der Waals surface area contributed by atoms with Gasteiger partial charge >= 0.3 is 0 Å². The van der Waals surface area contributed by atoms with E-state index in [-0.39, 0.29) is 24.0 Å². The van der Waals surface area contributed by atoms with Crippen LogP contribution in [-0.2, 0) is 0 Å². The molecule has 110 valence electrons. The molecule has 1 saturated heterocycles. The number of terminal acetylenes is 1. The molecule has 2 heterocycles. The van der Waals surface area contributed by atoms with E-state index < -0.39 is 0 Å². The highest BCUT2D eigenvalue weighted by Gasteiger charge is 2.19. The Bertz CT molecular complexity index is 444. The average Bonchev–Trinajstić information content (AvgIpc) is 2.98. The van der Waals surface area contributed by atoms with E-state index in [0.717, 1.165) is 45.1 Å². The van der Waals surface area contributed by atoms with E-state index in [4.69, 9.17) is 6.42 Å². The molecule has 2 rings (SSSR count). The van der Waals surface area contributed by atoms with Crippen LogP contribution < -0.4 is 10.2 Å². The minimum absolute atomic E-state index is 0. The van der Waals surface area contributed by atoms with Crippen molar-refractivity contribution in [1.29, 1.82) is 0 Å². The second kappa shape index (κ2) is 9.08. The van der Waals surface area contributed by atoms with Gasteiger partial charge in [0.1, 0.15) is 0 Å². The molecule has 0 unspecified atom stereocenters. The summed E-state index contributed by atoms with van der Waals surface area (Å²) in [5, 5.41) is 6.79. The molecular formula is C14H21IN4S. The lowest BCUT2D eigenvalue weighted by Crippen LogP contribution is -2.52. The van der Waals surface area contributed by atoms with Gasteiger partial charge in [0.05, 0.1) is 5.00 Å². The molecule has 1 aromatic rings. The minimum Gasteiger partial charge on any atom is -0.360 e. The van der Waals surface area contributed by atoms with Crippen LogP contribution in [0.15, 0.2) is 22.5 Å². The van der Waals surface area contributed by atoms with Crippen molar-refractivity contribution in [2.45, 2.75) is 6.42 Å². The standard InChI is InChI=1S/C14H20N4S.HI/c1-3-4-7-16-14(15-2)18-10-8-17(9-11-18)13-6-5-12-19-13;/h1,5-6,12H,4,7-11H2,2H3,(H,15,16);1H. The number of hydrogen-bond donors (Lipinski definition) is 1. The van der Waals surface area contributed by atoms with E-state index in [9.17, 15) is 0 Å². The van der Waals surface area contributed by atoms with Gasteiger partial charge in [0.2, 0.25) is 0 Å². The largest absolute Gasteiger partial charge is 0.360 e. The van der Waals surface area contributed by atoms with Gasteiger partial charge in [-0.15, -0.1) is 47.7 Å². The fourth-order valence-electron chi connectivity index (χ4n) is 2.17. The van der Waals surface area contributed by atoms with E-state index in [0.29, 0.717) is 0 Å². The Kier molecular flexibility index (Phi) is 7.77. The van der Waals surface area contributed by atoms with Crippen molar-refractivity contribution in [2.75, 3.05) is 44.7 Å². The van der Waals surface area contributed by atoms with Crippen LogP contribution in [0.5, 0.6) is 0 Å². The molecule has 20 heavy (non-hydrogen) atoms. The molecule has 0 atom stereocenters.